The van der Waals surface area contributed by atoms with Gasteiger partial charge in [-0.05, 0) is 30.3 Å². The van der Waals surface area contributed by atoms with Crippen molar-refractivity contribution in [1.82, 2.24) is 4.98 Å². The monoisotopic (exact) mass is 387 g/mol. The summed E-state index contributed by atoms with van der Waals surface area (Å²) in [5.41, 5.74) is 14.5. The van der Waals surface area contributed by atoms with Gasteiger partial charge in [-0.15, -0.1) is 11.3 Å². The third-order valence-corrected chi connectivity index (χ3v) is 5.60. The number of nitriles is 1. The van der Waals surface area contributed by atoms with E-state index in [-0.39, 0.29) is 11.4 Å². The van der Waals surface area contributed by atoms with Crippen LogP contribution in [0.1, 0.15) is 16.7 Å². The molecular formula is C21H17N5OS. The topological polar surface area (TPSA) is 112 Å². The molecule has 0 aliphatic heterocycles. The van der Waals surface area contributed by atoms with Crippen LogP contribution >= 0.6 is 11.3 Å². The summed E-state index contributed by atoms with van der Waals surface area (Å²) in [5, 5.41) is 21.1. The zero-order valence-corrected chi connectivity index (χ0v) is 15.6. The van der Waals surface area contributed by atoms with E-state index in [2.05, 4.69) is 4.98 Å². The van der Waals surface area contributed by atoms with E-state index in [1.165, 1.54) is 11.3 Å². The molecule has 4 rings (SSSR count). The second-order valence-corrected chi connectivity index (χ2v) is 7.21. The Morgan fingerprint density at radius 3 is 2.11 bits per heavy atom. The van der Waals surface area contributed by atoms with Gasteiger partial charge in [0.2, 0.25) is 0 Å². The predicted molar refractivity (Wildman–Crippen MR) is 113 cm³/mol. The molecule has 0 aliphatic rings. The van der Waals surface area contributed by atoms with Gasteiger partial charge in [-0.3, -0.25) is 0 Å². The van der Waals surface area contributed by atoms with Gasteiger partial charge in [0, 0.05) is 16.8 Å². The van der Waals surface area contributed by atoms with Crippen LogP contribution in [0.2, 0.25) is 0 Å². The van der Waals surface area contributed by atoms with Crippen LogP contribution in [0, 0.1) is 11.3 Å². The molecule has 4 aromatic rings. The summed E-state index contributed by atoms with van der Waals surface area (Å²) in [7, 11) is 0. The molecule has 2 aromatic carbocycles. The van der Waals surface area contributed by atoms with Crippen LogP contribution < -0.4 is 16.4 Å². The van der Waals surface area contributed by atoms with Crippen LogP contribution in [0.3, 0.4) is 0 Å². The van der Waals surface area contributed by atoms with Gasteiger partial charge in [0.15, 0.2) is 6.23 Å². The number of aliphatic hydroxyl groups excluding tert-OH is 1. The SMILES string of the molecule is N#Cc1cc2c(N)c(C(O)N(c3ccccc3)c3ccccc3)sc2nc1N. The first-order chi connectivity index (χ1) is 13.6. The number of nitrogens with zero attached hydrogens (tertiary/aromatic N) is 3. The lowest BCUT2D eigenvalue weighted by molar-refractivity contribution is 0.189. The van der Waals surface area contributed by atoms with Crippen LogP contribution in [-0.2, 0) is 0 Å². The summed E-state index contributed by atoms with van der Waals surface area (Å²) in [6.07, 6.45) is -1.03. The number of nitrogens with two attached hydrogens (primary N) is 2. The van der Waals surface area contributed by atoms with Gasteiger partial charge < -0.3 is 21.5 Å². The van der Waals surface area contributed by atoms with E-state index in [1.807, 2.05) is 66.7 Å². The zero-order chi connectivity index (χ0) is 19.7. The highest BCUT2D eigenvalue weighted by Gasteiger charge is 2.26. The number of para-hydroxylation sites is 2. The molecule has 0 fully saturated rings. The Morgan fingerprint density at radius 2 is 1.57 bits per heavy atom. The van der Waals surface area contributed by atoms with Gasteiger partial charge >= 0.3 is 0 Å². The second kappa shape index (κ2) is 7.19. The first-order valence-electron chi connectivity index (χ1n) is 8.56. The minimum Gasteiger partial charge on any atom is -0.397 e. The molecule has 2 aromatic heterocycles. The van der Waals surface area contributed by atoms with Gasteiger partial charge in [-0.1, -0.05) is 36.4 Å². The molecule has 7 heteroatoms. The zero-order valence-electron chi connectivity index (χ0n) is 14.8. The number of fused-ring (bicyclic) bond motifs is 1. The molecule has 1 unspecified atom stereocenters. The number of aromatic nitrogens is 1. The van der Waals surface area contributed by atoms with Crippen molar-refractivity contribution in [2.75, 3.05) is 16.4 Å². The number of rotatable bonds is 4. The van der Waals surface area contributed by atoms with Crippen molar-refractivity contribution in [3.05, 3.63) is 77.2 Å². The Bertz CT molecular complexity index is 1130. The van der Waals surface area contributed by atoms with E-state index in [0.717, 1.165) is 11.4 Å². The molecule has 0 amide bonds. The molecule has 0 radical (unpaired) electrons. The predicted octanol–water partition coefficient (Wildman–Crippen LogP) is 4.16. The highest BCUT2D eigenvalue weighted by atomic mass is 32.1. The van der Waals surface area contributed by atoms with E-state index < -0.39 is 6.23 Å². The van der Waals surface area contributed by atoms with Crippen LogP contribution in [0.15, 0.2) is 66.7 Å². The average molecular weight is 387 g/mol. The highest BCUT2D eigenvalue weighted by Crippen LogP contribution is 2.42. The van der Waals surface area contributed by atoms with E-state index in [4.69, 9.17) is 11.5 Å². The Morgan fingerprint density at radius 1 is 1.00 bits per heavy atom. The quantitative estimate of drug-likeness (QED) is 0.453. The van der Waals surface area contributed by atoms with Crippen LogP contribution in [0.4, 0.5) is 22.9 Å². The van der Waals surface area contributed by atoms with Gasteiger partial charge in [0.1, 0.15) is 16.7 Å². The third-order valence-electron chi connectivity index (χ3n) is 4.45. The summed E-state index contributed by atoms with van der Waals surface area (Å²) in [6, 6.07) is 22.8. The van der Waals surface area contributed by atoms with Crippen LogP contribution in [0.25, 0.3) is 10.2 Å². The number of anilines is 4. The van der Waals surface area contributed by atoms with Crippen molar-refractivity contribution in [3.8, 4) is 6.07 Å². The summed E-state index contributed by atoms with van der Waals surface area (Å²) < 4.78 is 0. The van der Waals surface area contributed by atoms with E-state index in [1.54, 1.807) is 11.0 Å². The normalized spacial score (nSPS) is 11.9. The van der Waals surface area contributed by atoms with Gasteiger partial charge in [0.25, 0.3) is 0 Å². The number of thiophene rings is 1. The molecule has 28 heavy (non-hydrogen) atoms. The maximum absolute atomic E-state index is 11.3. The first kappa shape index (κ1) is 17.8. The van der Waals surface area contributed by atoms with Crippen molar-refractivity contribution < 1.29 is 5.11 Å². The fourth-order valence-electron chi connectivity index (χ4n) is 3.08. The molecular weight excluding hydrogens is 370 g/mol. The third kappa shape index (κ3) is 3.01. The number of benzene rings is 2. The van der Waals surface area contributed by atoms with E-state index >= 15 is 0 Å². The maximum Gasteiger partial charge on any atom is 0.168 e. The lowest BCUT2D eigenvalue weighted by Gasteiger charge is -2.30. The molecule has 5 N–H and O–H groups in total. The Balaban J connectivity index is 1.87. The fraction of sp³-hybridized carbons (Fsp3) is 0.0476. The summed E-state index contributed by atoms with van der Waals surface area (Å²) >= 11 is 1.27. The molecule has 0 spiro atoms. The van der Waals surface area contributed by atoms with Crippen molar-refractivity contribution >= 4 is 44.4 Å². The molecule has 1 atom stereocenters. The number of pyridine rings is 1. The largest absolute Gasteiger partial charge is 0.397 e. The molecule has 6 nitrogen and oxygen atoms in total. The minimum atomic E-state index is -1.03. The van der Waals surface area contributed by atoms with Crippen molar-refractivity contribution in [3.63, 3.8) is 0 Å². The Kier molecular flexibility index (Phi) is 4.57. The molecule has 0 saturated heterocycles. The summed E-state index contributed by atoms with van der Waals surface area (Å²) in [6.45, 7) is 0. The lowest BCUT2D eigenvalue weighted by atomic mass is 10.1. The first-order valence-corrected chi connectivity index (χ1v) is 9.37. The average Bonchev–Trinajstić information content (AvgIpc) is 3.04. The number of hydrogen-bond acceptors (Lipinski definition) is 7. The Hall–Kier alpha value is -3.60. The molecule has 0 aliphatic carbocycles. The van der Waals surface area contributed by atoms with E-state index in [0.29, 0.717) is 20.8 Å². The fourth-order valence-corrected chi connectivity index (χ4v) is 4.14. The summed E-state index contributed by atoms with van der Waals surface area (Å²) in [4.78, 5) is 7.21. The van der Waals surface area contributed by atoms with E-state index in [9.17, 15) is 10.4 Å². The number of nitrogen functional groups attached to an aromatic ring is 2. The second-order valence-electron chi connectivity index (χ2n) is 6.18. The summed E-state index contributed by atoms with van der Waals surface area (Å²) in [5.74, 6) is 0.153. The number of aliphatic hydroxyl groups is 1. The molecule has 0 saturated carbocycles. The number of hydrogen-bond donors (Lipinski definition) is 3. The van der Waals surface area contributed by atoms with Gasteiger partial charge in [0.05, 0.1) is 16.1 Å². The molecule has 2 heterocycles. The molecule has 138 valence electrons. The molecule has 0 bridgehead atoms. The Labute approximate surface area is 165 Å². The lowest BCUT2D eigenvalue weighted by Crippen LogP contribution is -2.23. The van der Waals surface area contributed by atoms with Gasteiger partial charge in [-0.25, -0.2) is 4.98 Å². The minimum absolute atomic E-state index is 0.153. The highest BCUT2D eigenvalue weighted by molar-refractivity contribution is 7.19. The van der Waals surface area contributed by atoms with Crippen molar-refractivity contribution in [2.24, 2.45) is 0 Å². The smallest absolute Gasteiger partial charge is 0.168 e. The van der Waals surface area contributed by atoms with Crippen LogP contribution in [-0.4, -0.2) is 10.1 Å². The van der Waals surface area contributed by atoms with Gasteiger partial charge in [-0.2, -0.15) is 5.26 Å². The standard InChI is InChI=1S/C21H17N5OS/c22-12-13-11-16-17(23)18(28-20(16)25-19(13)24)21(27)26(14-7-3-1-4-8-14)15-9-5-2-6-10-15/h1-11,21,27H,23H2,(H2,24,25). The van der Waals surface area contributed by atoms with Crippen molar-refractivity contribution in [2.45, 2.75) is 6.23 Å². The van der Waals surface area contributed by atoms with Crippen molar-refractivity contribution in [1.29, 1.82) is 5.26 Å². The van der Waals surface area contributed by atoms with Crippen LogP contribution in [0.5, 0.6) is 0 Å². The maximum atomic E-state index is 11.3.